The zero-order chi connectivity index (χ0) is 23.8. The van der Waals surface area contributed by atoms with E-state index < -0.39 is 10.0 Å². The van der Waals surface area contributed by atoms with Crippen molar-refractivity contribution in [2.75, 3.05) is 58.9 Å². The predicted molar refractivity (Wildman–Crippen MR) is 125 cm³/mol. The third kappa shape index (κ3) is 6.67. The molecule has 1 aliphatic heterocycles. The highest BCUT2D eigenvalue weighted by Gasteiger charge is 2.26. The van der Waals surface area contributed by atoms with Crippen LogP contribution in [0, 0.1) is 0 Å². The molecule has 0 aliphatic carbocycles. The fraction of sp³-hybridized carbons (Fsp3) is 0.435. The fourth-order valence-electron chi connectivity index (χ4n) is 3.61. The number of rotatable bonds is 10. The van der Waals surface area contributed by atoms with Gasteiger partial charge in [0.25, 0.3) is 0 Å². The molecule has 3 rings (SSSR count). The molecule has 2 aromatic carbocycles. The van der Waals surface area contributed by atoms with Gasteiger partial charge in [0.1, 0.15) is 0 Å². The molecule has 180 valence electrons. The van der Waals surface area contributed by atoms with Crippen molar-refractivity contribution in [3.63, 3.8) is 0 Å². The molecule has 1 fully saturated rings. The van der Waals surface area contributed by atoms with E-state index in [9.17, 15) is 13.2 Å². The highest BCUT2D eigenvalue weighted by Crippen LogP contribution is 2.29. The maximum absolute atomic E-state index is 13.6. The van der Waals surface area contributed by atoms with Crippen molar-refractivity contribution in [3.8, 4) is 11.5 Å². The fourth-order valence-corrected chi connectivity index (χ4v) is 5.03. The lowest BCUT2D eigenvalue weighted by Crippen LogP contribution is -2.42. The highest BCUT2D eigenvalue weighted by molar-refractivity contribution is 7.89. The van der Waals surface area contributed by atoms with E-state index in [2.05, 4.69) is 10.2 Å². The summed E-state index contributed by atoms with van der Waals surface area (Å²) in [6, 6.07) is 11.6. The Morgan fingerprint density at radius 2 is 1.73 bits per heavy atom. The van der Waals surface area contributed by atoms with Gasteiger partial charge in [-0.25, -0.2) is 8.42 Å². The van der Waals surface area contributed by atoms with Gasteiger partial charge in [-0.15, -0.1) is 0 Å². The molecule has 0 spiro atoms. The summed E-state index contributed by atoms with van der Waals surface area (Å²) in [5.41, 5.74) is 1.33. The first-order valence-electron chi connectivity index (χ1n) is 10.7. The molecule has 1 N–H and O–H groups in total. The van der Waals surface area contributed by atoms with Crippen LogP contribution >= 0.6 is 0 Å². The van der Waals surface area contributed by atoms with E-state index in [1.54, 1.807) is 38.5 Å². The third-order valence-electron chi connectivity index (χ3n) is 5.39. The minimum absolute atomic E-state index is 0.166. The van der Waals surface area contributed by atoms with E-state index in [-0.39, 0.29) is 17.3 Å². The van der Waals surface area contributed by atoms with Gasteiger partial charge < -0.3 is 19.5 Å². The van der Waals surface area contributed by atoms with Gasteiger partial charge >= 0.3 is 0 Å². The first kappa shape index (κ1) is 25.0. The molecule has 0 bridgehead atoms. The number of morpholine rings is 1. The monoisotopic (exact) mass is 477 g/mol. The smallest absolute Gasteiger partial charge is 0.243 e. The molecular formula is C23H31N3O6S. The Labute approximate surface area is 195 Å². The Balaban J connectivity index is 1.85. The van der Waals surface area contributed by atoms with Crippen LogP contribution in [0.1, 0.15) is 12.5 Å². The van der Waals surface area contributed by atoms with Gasteiger partial charge in [-0.1, -0.05) is 6.07 Å². The largest absolute Gasteiger partial charge is 0.493 e. The summed E-state index contributed by atoms with van der Waals surface area (Å²) in [6.07, 6.45) is 0. The van der Waals surface area contributed by atoms with Crippen molar-refractivity contribution in [3.05, 3.63) is 48.0 Å². The summed E-state index contributed by atoms with van der Waals surface area (Å²) in [4.78, 5) is 13.6. The van der Waals surface area contributed by atoms with Crippen LogP contribution in [0.15, 0.2) is 47.4 Å². The summed E-state index contributed by atoms with van der Waals surface area (Å²) in [5.74, 6) is 0.906. The Hall–Kier alpha value is -2.66. The van der Waals surface area contributed by atoms with Crippen LogP contribution in [-0.4, -0.2) is 77.1 Å². The molecule has 9 nitrogen and oxygen atoms in total. The number of hydrogen-bond acceptors (Lipinski definition) is 7. The number of sulfonamides is 1. The van der Waals surface area contributed by atoms with Gasteiger partial charge in [0.15, 0.2) is 11.5 Å². The maximum atomic E-state index is 13.6. The zero-order valence-corrected chi connectivity index (χ0v) is 20.1. The molecule has 1 heterocycles. The second kappa shape index (κ2) is 11.5. The van der Waals surface area contributed by atoms with Crippen LogP contribution in [0.2, 0.25) is 0 Å². The number of nitrogens with one attached hydrogen (secondary N) is 1. The number of amides is 1. The predicted octanol–water partition coefficient (Wildman–Crippen LogP) is 2.19. The first-order chi connectivity index (χ1) is 15.8. The number of hydrogen-bond donors (Lipinski definition) is 1. The van der Waals surface area contributed by atoms with Crippen molar-refractivity contribution in [2.45, 2.75) is 18.4 Å². The number of methoxy groups -OCH3 is 2. The third-order valence-corrected chi connectivity index (χ3v) is 7.25. The average molecular weight is 478 g/mol. The normalized spacial score (nSPS) is 14.8. The zero-order valence-electron chi connectivity index (χ0n) is 19.2. The van der Waals surface area contributed by atoms with Gasteiger partial charge in [0.2, 0.25) is 15.9 Å². The number of ether oxygens (including phenoxy) is 3. The molecule has 1 saturated heterocycles. The van der Waals surface area contributed by atoms with E-state index >= 15 is 0 Å². The number of anilines is 1. The van der Waals surface area contributed by atoms with Crippen molar-refractivity contribution < 1.29 is 27.4 Å². The number of carbonyl (C=O) groups excluding carboxylic acids is 1. The summed E-state index contributed by atoms with van der Waals surface area (Å²) in [7, 11) is -0.686. The van der Waals surface area contributed by atoms with Crippen molar-refractivity contribution >= 4 is 21.6 Å². The first-order valence-corrected chi connectivity index (χ1v) is 12.2. The van der Waals surface area contributed by atoms with E-state index in [0.29, 0.717) is 43.5 Å². The second-order valence-electron chi connectivity index (χ2n) is 7.69. The molecule has 1 aliphatic rings. The van der Waals surface area contributed by atoms with Gasteiger partial charge in [-0.05, 0) is 42.0 Å². The Morgan fingerprint density at radius 1 is 1.06 bits per heavy atom. The van der Waals surface area contributed by atoms with Crippen LogP contribution in [-0.2, 0) is 26.1 Å². The summed E-state index contributed by atoms with van der Waals surface area (Å²) in [5, 5.41) is 2.65. The quantitative estimate of drug-likeness (QED) is 0.560. The van der Waals surface area contributed by atoms with Gasteiger partial charge in [-0.2, -0.15) is 4.31 Å². The van der Waals surface area contributed by atoms with E-state index in [0.717, 1.165) is 18.7 Å². The standard InChI is InChI=1S/C23H31N3O6S/c1-18(27)24-20-5-7-21(8-6-20)33(28,29)26(11-10-25-12-14-32-15-13-25)17-19-4-9-22(30-2)23(16-19)31-3/h4-9,16H,10-15,17H2,1-3H3,(H,24,27). The minimum atomic E-state index is -3.79. The molecular weight excluding hydrogens is 446 g/mol. The molecule has 0 aromatic heterocycles. The van der Waals surface area contributed by atoms with Crippen LogP contribution in [0.3, 0.4) is 0 Å². The second-order valence-corrected chi connectivity index (χ2v) is 9.63. The van der Waals surface area contributed by atoms with Crippen LogP contribution in [0.25, 0.3) is 0 Å². The molecule has 1 amide bonds. The minimum Gasteiger partial charge on any atom is -0.493 e. The number of carbonyl (C=O) groups is 1. The Bertz CT molecular complexity index is 1040. The number of nitrogens with zero attached hydrogens (tertiary/aromatic N) is 2. The lowest BCUT2D eigenvalue weighted by atomic mass is 10.2. The number of benzene rings is 2. The molecule has 10 heteroatoms. The topological polar surface area (TPSA) is 97.4 Å². The van der Waals surface area contributed by atoms with Crippen molar-refractivity contribution in [1.29, 1.82) is 0 Å². The molecule has 0 unspecified atom stereocenters. The van der Waals surface area contributed by atoms with Crippen LogP contribution in [0.5, 0.6) is 11.5 Å². The van der Waals surface area contributed by atoms with E-state index in [1.807, 2.05) is 6.07 Å². The SMILES string of the molecule is COc1ccc(CN(CCN2CCOCC2)S(=O)(=O)c2ccc(NC(C)=O)cc2)cc1OC. The Kier molecular flexibility index (Phi) is 8.67. The molecule has 0 atom stereocenters. The van der Waals surface area contributed by atoms with Crippen LogP contribution < -0.4 is 14.8 Å². The van der Waals surface area contributed by atoms with Crippen molar-refractivity contribution in [2.24, 2.45) is 0 Å². The van der Waals surface area contributed by atoms with Gasteiger partial charge in [0, 0.05) is 45.3 Å². The van der Waals surface area contributed by atoms with E-state index in [4.69, 9.17) is 14.2 Å². The van der Waals surface area contributed by atoms with E-state index in [1.165, 1.54) is 23.4 Å². The lowest BCUT2D eigenvalue weighted by molar-refractivity contribution is -0.114. The Morgan fingerprint density at radius 3 is 2.33 bits per heavy atom. The maximum Gasteiger partial charge on any atom is 0.243 e. The van der Waals surface area contributed by atoms with Crippen LogP contribution in [0.4, 0.5) is 5.69 Å². The van der Waals surface area contributed by atoms with Gasteiger partial charge in [-0.3, -0.25) is 9.69 Å². The highest BCUT2D eigenvalue weighted by atomic mass is 32.2. The molecule has 33 heavy (non-hydrogen) atoms. The summed E-state index contributed by atoms with van der Waals surface area (Å²) in [6.45, 7) is 5.34. The summed E-state index contributed by atoms with van der Waals surface area (Å²) >= 11 is 0. The average Bonchev–Trinajstić information content (AvgIpc) is 2.82. The molecule has 0 saturated carbocycles. The van der Waals surface area contributed by atoms with Gasteiger partial charge in [0.05, 0.1) is 32.3 Å². The van der Waals surface area contributed by atoms with Crippen molar-refractivity contribution in [1.82, 2.24) is 9.21 Å². The molecule has 0 radical (unpaired) electrons. The lowest BCUT2D eigenvalue weighted by Gasteiger charge is -2.30. The summed E-state index contributed by atoms with van der Waals surface area (Å²) < 4.78 is 44.7. The molecule has 2 aromatic rings.